The molecule has 0 aromatic carbocycles. The van der Waals surface area contributed by atoms with Gasteiger partial charge in [-0.05, 0) is 39.8 Å². The average molecular weight is 285 g/mol. The van der Waals surface area contributed by atoms with Crippen molar-refractivity contribution >= 4 is 17.9 Å². The fraction of sp³-hybridized carbons (Fsp3) is 0.769. The van der Waals surface area contributed by atoms with Gasteiger partial charge in [0.1, 0.15) is 0 Å². The number of esters is 1. The Hall–Kier alpha value is -1.63. The van der Waals surface area contributed by atoms with E-state index in [1.807, 2.05) is 4.90 Å². The van der Waals surface area contributed by atoms with Gasteiger partial charge in [-0.3, -0.25) is 19.8 Å². The molecule has 1 unspecified atom stereocenters. The molecule has 0 radical (unpaired) electrons. The number of hydrogen-bond acceptors (Lipinski definition) is 5. The van der Waals surface area contributed by atoms with Crippen LogP contribution in [0.1, 0.15) is 26.7 Å². The molecule has 114 valence electrons. The van der Waals surface area contributed by atoms with Crippen LogP contribution in [0.3, 0.4) is 0 Å². The molecule has 0 aromatic rings. The van der Waals surface area contributed by atoms with Crippen LogP contribution in [0.25, 0.3) is 0 Å². The first-order valence-corrected chi connectivity index (χ1v) is 6.90. The molecule has 1 aliphatic rings. The Labute approximate surface area is 119 Å². The number of hydrogen-bond donors (Lipinski definition) is 2. The third-order valence-corrected chi connectivity index (χ3v) is 3.57. The van der Waals surface area contributed by atoms with Gasteiger partial charge in [0.2, 0.25) is 5.91 Å². The zero-order chi connectivity index (χ0) is 15.1. The molecule has 0 spiro atoms. The van der Waals surface area contributed by atoms with Crippen LogP contribution in [0.15, 0.2) is 0 Å². The van der Waals surface area contributed by atoms with Crippen LogP contribution in [0.2, 0.25) is 0 Å². The zero-order valence-electron chi connectivity index (χ0n) is 12.3. The lowest BCUT2D eigenvalue weighted by molar-refractivity contribution is -0.147. The summed E-state index contributed by atoms with van der Waals surface area (Å²) in [5.74, 6) is -0.605. The van der Waals surface area contributed by atoms with Gasteiger partial charge in [0, 0.05) is 6.54 Å². The number of likely N-dealkylation sites (tertiary alicyclic amines) is 1. The Bertz CT molecular complexity index is 365. The summed E-state index contributed by atoms with van der Waals surface area (Å²) in [5.41, 5.74) is 0. The summed E-state index contributed by atoms with van der Waals surface area (Å²) < 4.78 is 4.72. The summed E-state index contributed by atoms with van der Waals surface area (Å²) >= 11 is 0. The average Bonchev–Trinajstić information content (AvgIpc) is 2.46. The summed E-state index contributed by atoms with van der Waals surface area (Å²) in [6, 6.07) is -0.870. The first-order valence-electron chi connectivity index (χ1n) is 6.90. The number of urea groups is 1. The third-order valence-electron chi connectivity index (χ3n) is 3.57. The van der Waals surface area contributed by atoms with Gasteiger partial charge in [0.15, 0.2) is 0 Å². The number of ether oxygens (including phenoxy) is 1. The number of imide groups is 1. The van der Waals surface area contributed by atoms with Crippen molar-refractivity contribution in [1.29, 1.82) is 0 Å². The maximum atomic E-state index is 11.9. The van der Waals surface area contributed by atoms with Gasteiger partial charge in [-0.25, -0.2) is 4.79 Å². The van der Waals surface area contributed by atoms with E-state index in [4.69, 9.17) is 4.74 Å². The maximum Gasteiger partial charge on any atom is 0.321 e. The highest BCUT2D eigenvalue weighted by molar-refractivity contribution is 5.96. The van der Waals surface area contributed by atoms with Gasteiger partial charge in [0.05, 0.1) is 19.1 Å². The zero-order valence-corrected chi connectivity index (χ0v) is 12.3. The van der Waals surface area contributed by atoms with Crippen molar-refractivity contribution < 1.29 is 19.1 Å². The number of nitrogens with one attached hydrogen (secondary N) is 2. The molecule has 1 rings (SSSR count). The highest BCUT2D eigenvalue weighted by Gasteiger charge is 2.30. The lowest BCUT2D eigenvalue weighted by Crippen LogP contribution is -2.51. The van der Waals surface area contributed by atoms with E-state index < -0.39 is 12.1 Å². The van der Waals surface area contributed by atoms with E-state index in [1.165, 1.54) is 7.11 Å². The van der Waals surface area contributed by atoms with Gasteiger partial charge in [0.25, 0.3) is 0 Å². The monoisotopic (exact) mass is 285 g/mol. The van der Waals surface area contributed by atoms with Crippen LogP contribution < -0.4 is 10.6 Å². The number of carbonyl (C=O) groups excluding carboxylic acids is 3. The van der Waals surface area contributed by atoms with Gasteiger partial charge in [-0.2, -0.15) is 0 Å². The quantitative estimate of drug-likeness (QED) is 0.716. The second-order valence-electron chi connectivity index (χ2n) is 4.86. The predicted octanol–water partition coefficient (Wildman–Crippen LogP) is 0.106. The minimum Gasteiger partial charge on any atom is -0.469 e. The van der Waals surface area contributed by atoms with Crippen LogP contribution in [-0.4, -0.2) is 55.6 Å². The van der Waals surface area contributed by atoms with Crippen molar-refractivity contribution in [2.75, 3.05) is 26.7 Å². The largest absolute Gasteiger partial charge is 0.469 e. The summed E-state index contributed by atoms with van der Waals surface area (Å²) in [6.45, 7) is 5.30. The number of carbonyl (C=O) groups is 3. The molecule has 2 N–H and O–H groups in total. The van der Waals surface area contributed by atoms with Crippen molar-refractivity contribution in [2.24, 2.45) is 5.92 Å². The third kappa shape index (κ3) is 4.48. The Kier molecular flexibility index (Phi) is 6.44. The molecule has 1 atom stereocenters. The van der Waals surface area contributed by atoms with Gasteiger partial charge in [-0.1, -0.05) is 0 Å². The second kappa shape index (κ2) is 7.84. The molecule has 0 aliphatic carbocycles. The van der Waals surface area contributed by atoms with Crippen LogP contribution in [0.5, 0.6) is 0 Å². The molecular weight excluding hydrogens is 262 g/mol. The minimum atomic E-state index is -0.478. The summed E-state index contributed by atoms with van der Waals surface area (Å²) in [6.07, 6.45) is 1.34. The first kappa shape index (κ1) is 16.4. The summed E-state index contributed by atoms with van der Waals surface area (Å²) in [5, 5.41) is 4.81. The van der Waals surface area contributed by atoms with Gasteiger partial charge >= 0.3 is 12.0 Å². The predicted molar refractivity (Wildman–Crippen MR) is 73.0 cm³/mol. The molecular formula is C13H23N3O4. The number of amides is 3. The highest BCUT2D eigenvalue weighted by atomic mass is 16.5. The lowest BCUT2D eigenvalue weighted by Gasteiger charge is -2.34. The lowest BCUT2D eigenvalue weighted by atomic mass is 9.96. The summed E-state index contributed by atoms with van der Waals surface area (Å²) in [4.78, 5) is 36.6. The van der Waals surface area contributed by atoms with E-state index >= 15 is 0 Å². The van der Waals surface area contributed by atoms with E-state index in [1.54, 1.807) is 13.8 Å². The number of methoxy groups -OCH3 is 1. The smallest absolute Gasteiger partial charge is 0.321 e. The molecule has 1 fully saturated rings. The maximum absolute atomic E-state index is 11.9. The van der Waals surface area contributed by atoms with Gasteiger partial charge in [-0.15, -0.1) is 0 Å². The van der Waals surface area contributed by atoms with Crippen molar-refractivity contribution in [3.63, 3.8) is 0 Å². The second-order valence-corrected chi connectivity index (χ2v) is 4.86. The standard InChI is InChI=1S/C13H23N3O4/c1-4-14-13(19)15-11(17)9(2)16-7-5-10(6-8-16)12(18)20-3/h9-10H,4-8H2,1-3H3,(H2,14,15,17,19). The molecule has 1 aliphatic heterocycles. The van der Waals surface area contributed by atoms with E-state index in [9.17, 15) is 14.4 Å². The molecule has 0 bridgehead atoms. The molecule has 7 nitrogen and oxygen atoms in total. The Morgan fingerprint density at radius 1 is 1.30 bits per heavy atom. The van der Waals surface area contributed by atoms with Gasteiger partial charge < -0.3 is 10.1 Å². The van der Waals surface area contributed by atoms with Crippen molar-refractivity contribution in [3.8, 4) is 0 Å². The van der Waals surface area contributed by atoms with E-state index in [0.29, 0.717) is 32.5 Å². The Balaban J connectivity index is 2.42. The molecule has 0 saturated carbocycles. The van der Waals surface area contributed by atoms with Crippen molar-refractivity contribution in [3.05, 3.63) is 0 Å². The first-order chi connectivity index (χ1) is 9.49. The highest BCUT2D eigenvalue weighted by Crippen LogP contribution is 2.20. The van der Waals surface area contributed by atoms with Crippen LogP contribution in [0, 0.1) is 5.92 Å². The molecule has 0 aromatic heterocycles. The van der Waals surface area contributed by atoms with Crippen molar-refractivity contribution in [2.45, 2.75) is 32.7 Å². The van der Waals surface area contributed by atoms with E-state index in [0.717, 1.165) is 0 Å². The topological polar surface area (TPSA) is 87.7 Å². The molecule has 20 heavy (non-hydrogen) atoms. The Morgan fingerprint density at radius 2 is 1.90 bits per heavy atom. The fourth-order valence-electron chi connectivity index (χ4n) is 2.28. The van der Waals surface area contributed by atoms with E-state index in [2.05, 4.69) is 10.6 Å². The molecule has 3 amide bonds. The van der Waals surface area contributed by atoms with Crippen LogP contribution in [0.4, 0.5) is 4.79 Å². The fourth-order valence-corrected chi connectivity index (χ4v) is 2.28. The normalized spacial score (nSPS) is 18.1. The molecule has 1 heterocycles. The van der Waals surface area contributed by atoms with Crippen LogP contribution >= 0.6 is 0 Å². The molecule has 1 saturated heterocycles. The Morgan fingerprint density at radius 3 is 2.40 bits per heavy atom. The molecule has 7 heteroatoms. The number of piperidine rings is 1. The van der Waals surface area contributed by atoms with Crippen molar-refractivity contribution in [1.82, 2.24) is 15.5 Å². The SMILES string of the molecule is CCNC(=O)NC(=O)C(C)N1CCC(C(=O)OC)CC1. The van der Waals surface area contributed by atoms with Crippen LogP contribution in [-0.2, 0) is 14.3 Å². The van der Waals surface area contributed by atoms with E-state index in [-0.39, 0.29) is 17.8 Å². The minimum absolute atomic E-state index is 0.0881. The number of rotatable bonds is 4. The summed E-state index contributed by atoms with van der Waals surface area (Å²) in [7, 11) is 1.39. The number of nitrogens with zero attached hydrogens (tertiary/aromatic N) is 1.